The molecule has 0 bridgehead atoms. The summed E-state index contributed by atoms with van der Waals surface area (Å²) in [6, 6.07) is 19.1. The van der Waals surface area contributed by atoms with Crippen LogP contribution in [0.25, 0.3) is 6.08 Å². The number of benzene rings is 3. The molecule has 1 fully saturated rings. The van der Waals surface area contributed by atoms with Crippen LogP contribution in [-0.4, -0.2) is 24.7 Å². The van der Waals surface area contributed by atoms with Gasteiger partial charge in [-0.15, -0.1) is 0 Å². The highest BCUT2D eigenvalue weighted by Gasteiger charge is 2.32. The van der Waals surface area contributed by atoms with Gasteiger partial charge in [-0.3, -0.25) is 9.69 Å². The number of nitrogens with one attached hydrogen (secondary N) is 1. The first-order chi connectivity index (χ1) is 16.9. The van der Waals surface area contributed by atoms with Crippen molar-refractivity contribution in [2.45, 2.75) is 27.4 Å². The van der Waals surface area contributed by atoms with E-state index in [4.69, 9.17) is 26.4 Å². The van der Waals surface area contributed by atoms with Crippen molar-refractivity contribution >= 4 is 35.0 Å². The molecule has 1 aliphatic rings. The Morgan fingerprint density at radius 3 is 2.46 bits per heavy atom. The number of hydrogen-bond acceptors (Lipinski definition) is 5. The molecule has 3 aromatic rings. The summed E-state index contributed by atoms with van der Waals surface area (Å²) >= 11 is 5.44. The van der Waals surface area contributed by atoms with E-state index in [1.54, 1.807) is 13.2 Å². The van der Waals surface area contributed by atoms with E-state index in [1.807, 2.05) is 75.4 Å². The zero-order valence-corrected chi connectivity index (χ0v) is 21.1. The summed E-state index contributed by atoms with van der Waals surface area (Å²) in [6.45, 7) is 6.89. The van der Waals surface area contributed by atoms with E-state index in [1.165, 1.54) is 4.90 Å². The Labute approximate surface area is 211 Å². The summed E-state index contributed by atoms with van der Waals surface area (Å²) in [7, 11) is 1.63. The quantitative estimate of drug-likeness (QED) is 0.331. The van der Waals surface area contributed by atoms with Crippen LogP contribution in [0.4, 0.5) is 5.69 Å². The van der Waals surface area contributed by atoms with Gasteiger partial charge in [-0.05, 0) is 98.2 Å². The van der Waals surface area contributed by atoms with Gasteiger partial charge in [0.1, 0.15) is 29.6 Å². The van der Waals surface area contributed by atoms with Crippen LogP contribution in [0.1, 0.15) is 29.2 Å². The summed E-state index contributed by atoms with van der Waals surface area (Å²) in [5.74, 6) is 2.07. The summed E-state index contributed by atoms with van der Waals surface area (Å²) in [5.41, 5.74) is 4.98. The minimum atomic E-state index is -0.219. The third-order valence-electron chi connectivity index (χ3n) is 5.63. The van der Waals surface area contributed by atoms with Gasteiger partial charge in [0.15, 0.2) is 5.11 Å². The SMILES string of the molecule is CCOc1ccc(N2C(=O)/C(=C\c3ccc(OC)c(COc4cc(C)ccc4C)c3)NC2=S)cc1. The Morgan fingerprint density at radius 1 is 0.971 bits per heavy atom. The Hall–Kier alpha value is -3.84. The zero-order chi connectivity index (χ0) is 24.9. The maximum absolute atomic E-state index is 13.1. The third-order valence-corrected chi connectivity index (χ3v) is 5.91. The third kappa shape index (κ3) is 5.46. The number of amides is 1. The van der Waals surface area contributed by atoms with Crippen molar-refractivity contribution in [1.29, 1.82) is 0 Å². The van der Waals surface area contributed by atoms with Crippen LogP contribution in [0.2, 0.25) is 0 Å². The van der Waals surface area contributed by atoms with Crippen LogP contribution >= 0.6 is 12.2 Å². The van der Waals surface area contributed by atoms with E-state index in [2.05, 4.69) is 11.4 Å². The van der Waals surface area contributed by atoms with Gasteiger partial charge in [-0.1, -0.05) is 18.2 Å². The molecule has 0 unspecified atom stereocenters. The second-order valence-corrected chi connectivity index (χ2v) is 8.57. The maximum atomic E-state index is 13.1. The number of aryl methyl sites for hydroxylation is 2. The molecule has 1 aliphatic heterocycles. The molecule has 1 N–H and O–H groups in total. The number of anilines is 1. The number of carbonyl (C=O) groups excluding carboxylic acids is 1. The first-order valence-corrected chi connectivity index (χ1v) is 11.8. The highest BCUT2D eigenvalue weighted by Crippen LogP contribution is 2.28. The molecule has 0 spiro atoms. The van der Waals surface area contributed by atoms with Crippen LogP contribution in [0.15, 0.2) is 66.4 Å². The molecule has 4 rings (SSSR count). The first-order valence-electron chi connectivity index (χ1n) is 11.4. The average molecular weight is 489 g/mol. The van der Waals surface area contributed by atoms with Gasteiger partial charge in [0.05, 0.1) is 19.4 Å². The predicted molar refractivity (Wildman–Crippen MR) is 142 cm³/mol. The minimum absolute atomic E-state index is 0.219. The minimum Gasteiger partial charge on any atom is -0.496 e. The molecule has 0 atom stereocenters. The average Bonchev–Trinajstić information content (AvgIpc) is 3.13. The van der Waals surface area contributed by atoms with Gasteiger partial charge in [-0.25, -0.2) is 0 Å². The van der Waals surface area contributed by atoms with Crippen molar-refractivity contribution in [2.75, 3.05) is 18.6 Å². The molecule has 1 heterocycles. The second-order valence-electron chi connectivity index (χ2n) is 8.18. The normalized spacial score (nSPS) is 14.3. The topological polar surface area (TPSA) is 60.0 Å². The van der Waals surface area contributed by atoms with Gasteiger partial charge < -0.3 is 19.5 Å². The predicted octanol–water partition coefficient (Wildman–Crippen LogP) is 5.55. The monoisotopic (exact) mass is 488 g/mol. The lowest BCUT2D eigenvalue weighted by molar-refractivity contribution is -0.113. The van der Waals surface area contributed by atoms with Crippen LogP contribution in [-0.2, 0) is 11.4 Å². The van der Waals surface area contributed by atoms with Crippen molar-refractivity contribution in [3.8, 4) is 17.2 Å². The van der Waals surface area contributed by atoms with Crippen LogP contribution in [0, 0.1) is 13.8 Å². The summed E-state index contributed by atoms with van der Waals surface area (Å²) in [4.78, 5) is 14.6. The molecule has 7 heteroatoms. The van der Waals surface area contributed by atoms with Crippen LogP contribution in [0.5, 0.6) is 17.2 Å². The summed E-state index contributed by atoms with van der Waals surface area (Å²) in [5, 5.41) is 3.37. The molecule has 35 heavy (non-hydrogen) atoms. The Morgan fingerprint density at radius 2 is 1.74 bits per heavy atom. The highest BCUT2D eigenvalue weighted by molar-refractivity contribution is 7.80. The van der Waals surface area contributed by atoms with E-state index < -0.39 is 0 Å². The number of nitrogens with zero attached hydrogens (tertiary/aromatic N) is 1. The largest absolute Gasteiger partial charge is 0.496 e. The van der Waals surface area contributed by atoms with Gasteiger partial charge in [0, 0.05) is 5.56 Å². The van der Waals surface area contributed by atoms with E-state index >= 15 is 0 Å². The number of ether oxygens (including phenoxy) is 3. The van der Waals surface area contributed by atoms with Crippen LogP contribution < -0.4 is 24.4 Å². The fourth-order valence-corrected chi connectivity index (χ4v) is 4.11. The molecular formula is C28H28N2O4S. The molecule has 1 saturated heterocycles. The molecule has 0 aromatic heterocycles. The van der Waals surface area contributed by atoms with Gasteiger partial charge in [0.2, 0.25) is 0 Å². The van der Waals surface area contributed by atoms with E-state index in [-0.39, 0.29) is 5.91 Å². The Balaban J connectivity index is 1.55. The van der Waals surface area contributed by atoms with Gasteiger partial charge >= 0.3 is 0 Å². The molecule has 1 amide bonds. The lowest BCUT2D eigenvalue weighted by Crippen LogP contribution is -2.30. The number of methoxy groups -OCH3 is 1. The van der Waals surface area contributed by atoms with E-state index in [0.717, 1.165) is 39.5 Å². The molecule has 180 valence electrons. The van der Waals surface area contributed by atoms with Crippen molar-refractivity contribution in [2.24, 2.45) is 0 Å². The fraction of sp³-hybridized carbons (Fsp3) is 0.214. The van der Waals surface area contributed by atoms with Gasteiger partial charge in [0.25, 0.3) is 5.91 Å². The molecule has 0 aliphatic carbocycles. The lowest BCUT2D eigenvalue weighted by Gasteiger charge is -2.14. The number of carbonyl (C=O) groups is 1. The van der Waals surface area contributed by atoms with E-state index in [9.17, 15) is 4.79 Å². The summed E-state index contributed by atoms with van der Waals surface area (Å²) < 4.78 is 17.1. The first kappa shape index (κ1) is 24.3. The van der Waals surface area contributed by atoms with Crippen molar-refractivity contribution in [1.82, 2.24) is 5.32 Å². The molecule has 3 aromatic carbocycles. The molecule has 6 nitrogen and oxygen atoms in total. The lowest BCUT2D eigenvalue weighted by atomic mass is 10.1. The van der Waals surface area contributed by atoms with Gasteiger partial charge in [-0.2, -0.15) is 0 Å². The Kier molecular flexibility index (Phi) is 7.36. The zero-order valence-electron chi connectivity index (χ0n) is 20.3. The second kappa shape index (κ2) is 10.6. The van der Waals surface area contributed by atoms with Crippen molar-refractivity contribution < 1.29 is 19.0 Å². The summed E-state index contributed by atoms with van der Waals surface area (Å²) in [6.07, 6.45) is 1.78. The number of rotatable bonds is 8. The smallest absolute Gasteiger partial charge is 0.281 e. The fourth-order valence-electron chi connectivity index (χ4n) is 3.81. The number of hydrogen-bond donors (Lipinski definition) is 1. The van der Waals surface area contributed by atoms with E-state index in [0.29, 0.717) is 29.7 Å². The molecule has 0 radical (unpaired) electrons. The Bertz CT molecular complexity index is 1280. The maximum Gasteiger partial charge on any atom is 0.281 e. The standard InChI is InChI=1S/C28H28N2O4S/c1-5-33-23-11-9-22(10-12-23)30-27(31)24(29-28(30)35)16-20-8-13-25(32-4)21(15-20)17-34-26-14-18(2)6-7-19(26)3/h6-16H,5,17H2,1-4H3,(H,29,35)/b24-16+. The molecular weight excluding hydrogens is 460 g/mol. The van der Waals surface area contributed by atoms with Crippen molar-refractivity contribution in [3.05, 3.63) is 88.6 Å². The van der Waals surface area contributed by atoms with Crippen LogP contribution in [0.3, 0.4) is 0 Å². The number of thiocarbonyl (C=S) groups is 1. The van der Waals surface area contributed by atoms with Crippen molar-refractivity contribution in [3.63, 3.8) is 0 Å². The molecule has 0 saturated carbocycles. The highest BCUT2D eigenvalue weighted by atomic mass is 32.1.